The standard InChI is InChI=1S/C26H27F3N6O4/c1-4-20(36)34-10-7-14(13-34)35-24-16(26(37)31-9-8-27)12-32-25(30)21(24)17(33-35)6-5-15-22(28)18(38-2)11-19(39-3)23(15)29/h4,11-12,14,17,33H,1,7-10,13H2,2-3H3,(H2,30,32)(H,31,37)/t14?,17-/m0/s1. The predicted octanol–water partition coefficient (Wildman–Crippen LogP) is 1.86. The molecule has 39 heavy (non-hydrogen) atoms. The predicted molar refractivity (Wildman–Crippen MR) is 137 cm³/mol. The maximum atomic E-state index is 14.9. The molecular formula is C26H27F3N6O4. The Labute approximate surface area is 222 Å². The summed E-state index contributed by atoms with van der Waals surface area (Å²) in [6.07, 6.45) is 3.00. The summed E-state index contributed by atoms with van der Waals surface area (Å²) in [4.78, 5) is 30.8. The minimum Gasteiger partial charge on any atom is -0.493 e. The lowest BCUT2D eigenvalue weighted by molar-refractivity contribution is -0.125. The molecule has 4 N–H and O–H groups in total. The first-order valence-electron chi connectivity index (χ1n) is 12.0. The van der Waals surface area contributed by atoms with Gasteiger partial charge >= 0.3 is 0 Å². The number of nitrogens with zero attached hydrogens (tertiary/aromatic N) is 3. The fourth-order valence-corrected chi connectivity index (χ4v) is 4.58. The average molecular weight is 545 g/mol. The van der Waals surface area contributed by atoms with Crippen LogP contribution in [0.3, 0.4) is 0 Å². The first kappa shape index (κ1) is 27.6. The smallest absolute Gasteiger partial charge is 0.255 e. The number of hydrazine groups is 1. The maximum absolute atomic E-state index is 14.9. The first-order valence-corrected chi connectivity index (χ1v) is 12.0. The molecule has 206 valence electrons. The zero-order valence-corrected chi connectivity index (χ0v) is 21.3. The zero-order valence-electron chi connectivity index (χ0n) is 21.3. The number of likely N-dealkylation sites (tertiary alicyclic amines) is 1. The number of amides is 2. The molecule has 0 aliphatic carbocycles. The molecule has 13 heteroatoms. The second-order valence-electron chi connectivity index (χ2n) is 8.68. The molecule has 1 aromatic carbocycles. The van der Waals surface area contributed by atoms with Crippen molar-refractivity contribution < 1.29 is 32.2 Å². The van der Waals surface area contributed by atoms with Crippen LogP contribution in [-0.2, 0) is 4.79 Å². The number of anilines is 2. The molecule has 2 atom stereocenters. The summed E-state index contributed by atoms with van der Waals surface area (Å²) < 4.78 is 52.6. The van der Waals surface area contributed by atoms with Crippen molar-refractivity contribution in [3.05, 3.63) is 53.2 Å². The number of benzene rings is 1. The largest absolute Gasteiger partial charge is 0.493 e. The van der Waals surface area contributed by atoms with E-state index >= 15 is 0 Å². The first-order chi connectivity index (χ1) is 18.7. The van der Waals surface area contributed by atoms with Gasteiger partial charge in [0.15, 0.2) is 23.1 Å². The molecule has 1 fully saturated rings. The normalized spacial score (nSPS) is 17.8. The Morgan fingerprint density at radius 1 is 1.31 bits per heavy atom. The lowest BCUT2D eigenvalue weighted by atomic mass is 10.0. The number of aromatic nitrogens is 1. The Morgan fingerprint density at radius 3 is 2.62 bits per heavy atom. The van der Waals surface area contributed by atoms with Crippen molar-refractivity contribution in [2.75, 3.05) is 51.3 Å². The van der Waals surface area contributed by atoms with Crippen LogP contribution in [0.4, 0.5) is 24.7 Å². The highest BCUT2D eigenvalue weighted by Crippen LogP contribution is 2.41. The van der Waals surface area contributed by atoms with E-state index in [4.69, 9.17) is 15.2 Å². The van der Waals surface area contributed by atoms with E-state index in [0.717, 1.165) is 6.07 Å². The lowest BCUT2D eigenvalue weighted by Gasteiger charge is -2.28. The van der Waals surface area contributed by atoms with Gasteiger partial charge in [0.1, 0.15) is 24.1 Å². The number of carbonyl (C=O) groups excluding carboxylic acids is 2. The summed E-state index contributed by atoms with van der Waals surface area (Å²) in [6, 6.07) is -0.192. The van der Waals surface area contributed by atoms with Crippen molar-refractivity contribution in [3.8, 4) is 23.3 Å². The molecule has 1 saturated heterocycles. The Morgan fingerprint density at radius 2 is 2.00 bits per heavy atom. The molecule has 2 aromatic rings. The van der Waals surface area contributed by atoms with Crippen LogP contribution in [0.2, 0.25) is 0 Å². The van der Waals surface area contributed by atoms with Gasteiger partial charge in [-0.25, -0.2) is 23.6 Å². The van der Waals surface area contributed by atoms with E-state index in [0.29, 0.717) is 30.8 Å². The number of nitrogens with two attached hydrogens (primary N) is 1. The van der Waals surface area contributed by atoms with Crippen LogP contribution < -0.4 is 31.0 Å². The SMILES string of the molecule is C=CC(=O)N1CCC(N2N[C@@H](C#Cc3c(F)c(OC)cc(OC)c3F)c3c(N)ncc(C(=O)NCCF)c32)C1. The number of pyridine rings is 1. The summed E-state index contributed by atoms with van der Waals surface area (Å²) in [7, 11) is 2.45. The van der Waals surface area contributed by atoms with Gasteiger partial charge in [-0.05, 0) is 12.5 Å². The van der Waals surface area contributed by atoms with Gasteiger partial charge in [0.05, 0.1) is 37.1 Å². The summed E-state index contributed by atoms with van der Waals surface area (Å²) in [5, 5.41) is 4.13. The van der Waals surface area contributed by atoms with Crippen LogP contribution >= 0.6 is 0 Å². The number of carbonyl (C=O) groups is 2. The number of halogens is 3. The van der Waals surface area contributed by atoms with Crippen LogP contribution in [0.15, 0.2) is 24.9 Å². The van der Waals surface area contributed by atoms with E-state index in [1.54, 1.807) is 9.91 Å². The second kappa shape index (κ2) is 11.5. The minimum atomic E-state index is -1.02. The van der Waals surface area contributed by atoms with E-state index in [1.807, 2.05) is 0 Å². The number of hydrogen-bond acceptors (Lipinski definition) is 8. The molecule has 0 saturated carbocycles. The van der Waals surface area contributed by atoms with Gasteiger partial charge in [-0.15, -0.1) is 0 Å². The quantitative estimate of drug-likeness (QED) is 0.357. The summed E-state index contributed by atoms with van der Waals surface area (Å²) in [5.74, 6) is 1.93. The van der Waals surface area contributed by atoms with Crippen LogP contribution in [-0.4, -0.2) is 68.3 Å². The number of nitrogen functional groups attached to an aromatic ring is 1. The van der Waals surface area contributed by atoms with Crippen molar-refractivity contribution in [2.45, 2.75) is 18.5 Å². The molecule has 1 aromatic heterocycles. The summed E-state index contributed by atoms with van der Waals surface area (Å²) >= 11 is 0. The van der Waals surface area contributed by atoms with E-state index in [9.17, 15) is 22.8 Å². The van der Waals surface area contributed by atoms with Gasteiger partial charge in [0, 0.05) is 31.9 Å². The van der Waals surface area contributed by atoms with Gasteiger partial charge in [-0.3, -0.25) is 9.59 Å². The Hall–Kier alpha value is -4.44. The third-order valence-corrected chi connectivity index (χ3v) is 6.47. The number of rotatable bonds is 7. The number of ether oxygens (including phenoxy) is 2. The summed E-state index contributed by atoms with van der Waals surface area (Å²) in [6.45, 7) is 3.26. The van der Waals surface area contributed by atoms with Crippen molar-refractivity contribution in [2.24, 2.45) is 0 Å². The molecule has 0 spiro atoms. The Balaban J connectivity index is 1.80. The molecule has 2 aliphatic rings. The topological polar surface area (TPSA) is 122 Å². The summed E-state index contributed by atoms with van der Waals surface area (Å²) in [5.41, 5.74) is 9.51. The van der Waals surface area contributed by atoms with Gasteiger partial charge in [0.2, 0.25) is 5.91 Å². The number of methoxy groups -OCH3 is 2. The van der Waals surface area contributed by atoms with E-state index < -0.39 is 35.8 Å². The maximum Gasteiger partial charge on any atom is 0.255 e. The molecule has 0 bridgehead atoms. The average Bonchev–Trinajstić information content (AvgIpc) is 3.57. The van der Waals surface area contributed by atoms with Crippen LogP contribution in [0, 0.1) is 23.5 Å². The van der Waals surface area contributed by atoms with E-state index in [1.165, 1.54) is 26.5 Å². The molecule has 3 heterocycles. The lowest BCUT2D eigenvalue weighted by Crippen LogP contribution is -2.45. The van der Waals surface area contributed by atoms with E-state index in [-0.39, 0.29) is 41.4 Å². The fraction of sp³-hybridized carbons (Fsp3) is 0.346. The molecule has 2 amide bonds. The molecule has 1 unspecified atom stereocenters. The highest BCUT2D eigenvalue weighted by Gasteiger charge is 2.40. The highest BCUT2D eigenvalue weighted by molar-refractivity contribution is 6.01. The van der Waals surface area contributed by atoms with Gasteiger partial charge < -0.3 is 30.4 Å². The Bertz CT molecular complexity index is 1350. The van der Waals surface area contributed by atoms with Crippen molar-refractivity contribution >= 4 is 23.3 Å². The molecule has 4 rings (SSSR count). The fourth-order valence-electron chi connectivity index (χ4n) is 4.58. The third-order valence-electron chi connectivity index (χ3n) is 6.47. The monoisotopic (exact) mass is 544 g/mol. The van der Waals surface area contributed by atoms with Gasteiger partial charge in [-0.1, -0.05) is 18.4 Å². The molecule has 10 nitrogen and oxygen atoms in total. The number of hydrogen-bond donors (Lipinski definition) is 3. The Kier molecular flexibility index (Phi) is 8.15. The molecular weight excluding hydrogens is 517 g/mol. The van der Waals surface area contributed by atoms with Crippen molar-refractivity contribution in [3.63, 3.8) is 0 Å². The van der Waals surface area contributed by atoms with Gasteiger partial charge in [0.25, 0.3) is 5.91 Å². The molecule has 2 aliphatic heterocycles. The van der Waals surface area contributed by atoms with Crippen LogP contribution in [0.25, 0.3) is 0 Å². The minimum absolute atomic E-state index is 0.0301. The number of fused-ring (bicyclic) bond motifs is 1. The third kappa shape index (κ3) is 5.15. The second-order valence-corrected chi connectivity index (χ2v) is 8.68. The molecule has 0 radical (unpaired) electrons. The van der Waals surface area contributed by atoms with Crippen molar-refractivity contribution in [1.82, 2.24) is 20.6 Å². The van der Waals surface area contributed by atoms with Crippen molar-refractivity contribution in [1.29, 1.82) is 0 Å². The number of nitrogens with one attached hydrogen (secondary N) is 2. The van der Waals surface area contributed by atoms with Crippen LogP contribution in [0.1, 0.15) is 33.9 Å². The van der Waals surface area contributed by atoms with E-state index in [2.05, 4.69) is 34.1 Å². The zero-order chi connectivity index (χ0) is 28.3. The number of alkyl halides is 1. The van der Waals surface area contributed by atoms with Crippen LogP contribution in [0.5, 0.6) is 11.5 Å². The highest BCUT2D eigenvalue weighted by atomic mass is 19.1. The van der Waals surface area contributed by atoms with Gasteiger partial charge in [-0.2, -0.15) is 0 Å².